The first kappa shape index (κ1) is 16.5. The zero-order chi connectivity index (χ0) is 15.4. The highest BCUT2D eigenvalue weighted by Crippen LogP contribution is 2.22. The molecule has 0 amide bonds. The average Bonchev–Trinajstić information content (AvgIpc) is 2.46. The first-order valence-electron chi connectivity index (χ1n) is 7.10. The number of carbonyl (C=O) groups is 1. The van der Waals surface area contributed by atoms with Crippen molar-refractivity contribution < 1.29 is 14.1 Å². The van der Waals surface area contributed by atoms with Crippen LogP contribution in [0.1, 0.15) is 36.0 Å². The molecular formula is C15H20ClNO3S. The second kappa shape index (κ2) is 7.38. The average molecular weight is 330 g/mol. The predicted octanol–water partition coefficient (Wildman–Crippen LogP) is 3.02. The second-order valence-corrected chi connectivity index (χ2v) is 7.39. The third-order valence-electron chi connectivity index (χ3n) is 3.99. The lowest BCUT2D eigenvalue weighted by molar-refractivity contribution is 0.0697. The number of nitrogens with zero attached hydrogens (tertiary/aromatic N) is 1. The molecule has 4 nitrogen and oxygen atoms in total. The molecule has 1 aromatic rings. The predicted molar refractivity (Wildman–Crippen MR) is 84.6 cm³/mol. The fraction of sp³-hybridized carbons (Fsp3) is 0.533. The minimum Gasteiger partial charge on any atom is -0.478 e. The van der Waals surface area contributed by atoms with E-state index >= 15 is 0 Å². The summed E-state index contributed by atoms with van der Waals surface area (Å²) in [6.45, 7) is 1.10. The van der Waals surface area contributed by atoms with E-state index < -0.39 is 16.8 Å². The summed E-state index contributed by atoms with van der Waals surface area (Å²) in [6, 6.07) is 5.06. The molecule has 6 heteroatoms. The van der Waals surface area contributed by atoms with Crippen molar-refractivity contribution in [3.63, 3.8) is 0 Å². The Labute approximate surface area is 132 Å². The van der Waals surface area contributed by atoms with Crippen LogP contribution in [-0.4, -0.2) is 45.6 Å². The summed E-state index contributed by atoms with van der Waals surface area (Å²) >= 11 is 5.83. The van der Waals surface area contributed by atoms with Crippen LogP contribution >= 0.6 is 11.6 Å². The van der Waals surface area contributed by atoms with Crippen molar-refractivity contribution >= 4 is 28.4 Å². The minimum absolute atomic E-state index is 0.0114. The number of aromatic carboxylic acids is 1. The summed E-state index contributed by atoms with van der Waals surface area (Å²) in [4.78, 5) is 13.9. The Morgan fingerprint density at radius 3 is 2.90 bits per heavy atom. The number of carboxylic acids is 1. The van der Waals surface area contributed by atoms with Gasteiger partial charge in [-0.1, -0.05) is 18.0 Å². The molecule has 1 aliphatic rings. The molecule has 2 atom stereocenters. The van der Waals surface area contributed by atoms with Gasteiger partial charge in [0.1, 0.15) is 0 Å². The quantitative estimate of drug-likeness (QED) is 0.902. The van der Waals surface area contributed by atoms with Crippen molar-refractivity contribution in [3.8, 4) is 0 Å². The van der Waals surface area contributed by atoms with E-state index in [0.29, 0.717) is 16.7 Å². The molecule has 1 fully saturated rings. The van der Waals surface area contributed by atoms with E-state index in [-0.39, 0.29) is 10.6 Å². The number of hydrogen-bond acceptors (Lipinski definition) is 3. The second-order valence-electron chi connectivity index (χ2n) is 5.42. The molecule has 21 heavy (non-hydrogen) atoms. The van der Waals surface area contributed by atoms with Crippen LogP contribution in [0.5, 0.6) is 0 Å². The summed E-state index contributed by atoms with van der Waals surface area (Å²) in [7, 11) is 0.925. The molecule has 0 bridgehead atoms. The Hall–Kier alpha value is -0.910. The molecule has 0 aliphatic carbocycles. The summed E-state index contributed by atoms with van der Waals surface area (Å²) < 4.78 is 12.3. The SMILES string of the molecule is CN1CCCCC1CCS(=O)c1ccc(Cl)c(C(=O)O)c1. The normalized spacial score (nSPS) is 21.1. The number of piperidine rings is 1. The number of carboxylic acid groups (broad SMARTS) is 1. The lowest BCUT2D eigenvalue weighted by atomic mass is 10.0. The van der Waals surface area contributed by atoms with Gasteiger partial charge in [-0.3, -0.25) is 4.21 Å². The van der Waals surface area contributed by atoms with Gasteiger partial charge in [-0.2, -0.15) is 0 Å². The zero-order valence-electron chi connectivity index (χ0n) is 12.0. The molecular weight excluding hydrogens is 310 g/mol. The standard InChI is InChI=1S/C15H20ClNO3S/c1-17-8-3-2-4-11(17)7-9-21(20)12-5-6-14(16)13(10-12)15(18)19/h5-6,10-11H,2-4,7-9H2,1H3,(H,18,19). The van der Waals surface area contributed by atoms with Crippen molar-refractivity contribution in [1.82, 2.24) is 4.90 Å². The minimum atomic E-state index is -1.18. The van der Waals surface area contributed by atoms with Gasteiger partial charge in [-0.05, 0) is 51.1 Å². The van der Waals surface area contributed by atoms with E-state index in [2.05, 4.69) is 11.9 Å². The largest absolute Gasteiger partial charge is 0.478 e. The van der Waals surface area contributed by atoms with Gasteiger partial charge in [-0.15, -0.1) is 0 Å². The highest BCUT2D eigenvalue weighted by atomic mass is 35.5. The Morgan fingerprint density at radius 1 is 1.48 bits per heavy atom. The van der Waals surface area contributed by atoms with Crippen molar-refractivity contribution in [2.45, 2.75) is 36.6 Å². The molecule has 0 aromatic heterocycles. The lowest BCUT2D eigenvalue weighted by Gasteiger charge is -2.32. The van der Waals surface area contributed by atoms with Crippen LogP contribution in [0.4, 0.5) is 0 Å². The van der Waals surface area contributed by atoms with Gasteiger partial charge in [-0.25, -0.2) is 4.79 Å². The van der Waals surface area contributed by atoms with Gasteiger partial charge in [0, 0.05) is 16.7 Å². The molecule has 1 N–H and O–H groups in total. The molecule has 0 spiro atoms. The molecule has 2 unspecified atom stereocenters. The lowest BCUT2D eigenvalue weighted by Crippen LogP contribution is -2.37. The van der Waals surface area contributed by atoms with E-state index in [9.17, 15) is 9.00 Å². The highest BCUT2D eigenvalue weighted by Gasteiger charge is 2.20. The van der Waals surface area contributed by atoms with Crippen LogP contribution in [0.15, 0.2) is 23.1 Å². The molecule has 116 valence electrons. The van der Waals surface area contributed by atoms with Crippen LogP contribution < -0.4 is 0 Å². The van der Waals surface area contributed by atoms with Crippen LogP contribution in [-0.2, 0) is 10.8 Å². The third-order valence-corrected chi connectivity index (χ3v) is 5.70. The first-order chi connectivity index (χ1) is 9.99. The smallest absolute Gasteiger partial charge is 0.337 e. The van der Waals surface area contributed by atoms with Crippen molar-refractivity contribution in [1.29, 1.82) is 0 Å². The Morgan fingerprint density at radius 2 is 2.24 bits per heavy atom. The maximum atomic E-state index is 12.3. The van der Waals surface area contributed by atoms with Gasteiger partial charge in [0.15, 0.2) is 0 Å². The van der Waals surface area contributed by atoms with Gasteiger partial charge >= 0.3 is 5.97 Å². The number of rotatable bonds is 5. The Balaban J connectivity index is 2.00. The van der Waals surface area contributed by atoms with Crippen molar-refractivity contribution in [2.24, 2.45) is 0 Å². The van der Waals surface area contributed by atoms with Crippen molar-refractivity contribution in [2.75, 3.05) is 19.3 Å². The molecule has 1 heterocycles. The van der Waals surface area contributed by atoms with Crippen molar-refractivity contribution in [3.05, 3.63) is 28.8 Å². The monoisotopic (exact) mass is 329 g/mol. The number of hydrogen-bond donors (Lipinski definition) is 1. The topological polar surface area (TPSA) is 57.6 Å². The van der Waals surface area contributed by atoms with E-state index in [4.69, 9.17) is 16.7 Å². The fourth-order valence-electron chi connectivity index (χ4n) is 2.68. The van der Waals surface area contributed by atoms with Gasteiger partial charge in [0.05, 0.1) is 21.4 Å². The van der Waals surface area contributed by atoms with Gasteiger partial charge < -0.3 is 10.0 Å². The van der Waals surface area contributed by atoms with Crippen LogP contribution in [0.2, 0.25) is 5.02 Å². The highest BCUT2D eigenvalue weighted by molar-refractivity contribution is 7.85. The number of benzene rings is 1. The molecule has 1 aliphatic heterocycles. The van der Waals surface area contributed by atoms with Gasteiger partial charge in [0.25, 0.3) is 0 Å². The molecule has 0 radical (unpaired) electrons. The fourth-order valence-corrected chi connectivity index (χ4v) is 4.07. The maximum absolute atomic E-state index is 12.3. The summed E-state index contributed by atoms with van der Waals surface area (Å²) in [5, 5.41) is 9.23. The molecule has 1 saturated heterocycles. The molecule has 0 saturated carbocycles. The Kier molecular flexibility index (Phi) is 5.79. The van der Waals surface area contributed by atoms with E-state index in [1.807, 2.05) is 0 Å². The van der Waals surface area contributed by atoms with E-state index in [1.165, 1.54) is 25.0 Å². The van der Waals surface area contributed by atoms with Crippen LogP contribution in [0, 0.1) is 0 Å². The summed E-state index contributed by atoms with van der Waals surface area (Å²) in [5.41, 5.74) is 0.0114. The molecule has 2 rings (SSSR count). The summed E-state index contributed by atoms with van der Waals surface area (Å²) in [6.07, 6.45) is 4.48. The first-order valence-corrected chi connectivity index (χ1v) is 8.80. The number of likely N-dealkylation sites (tertiary alicyclic amines) is 1. The van der Waals surface area contributed by atoms with Crippen LogP contribution in [0.25, 0.3) is 0 Å². The molecule has 1 aromatic carbocycles. The third kappa shape index (κ3) is 4.28. The van der Waals surface area contributed by atoms with Crippen LogP contribution in [0.3, 0.4) is 0 Å². The summed E-state index contributed by atoms with van der Waals surface area (Å²) in [5.74, 6) is -0.541. The zero-order valence-corrected chi connectivity index (χ0v) is 13.6. The maximum Gasteiger partial charge on any atom is 0.337 e. The van der Waals surface area contributed by atoms with E-state index in [1.54, 1.807) is 6.07 Å². The Bertz CT molecular complexity index is 550. The van der Waals surface area contributed by atoms with E-state index in [0.717, 1.165) is 19.4 Å². The number of halogens is 1. The van der Waals surface area contributed by atoms with Gasteiger partial charge in [0.2, 0.25) is 0 Å².